The van der Waals surface area contributed by atoms with E-state index in [2.05, 4.69) is 18.0 Å². The number of hydrogen-bond donors (Lipinski definition) is 1. The van der Waals surface area contributed by atoms with Gasteiger partial charge < -0.3 is 5.73 Å². The van der Waals surface area contributed by atoms with Crippen molar-refractivity contribution in [2.75, 3.05) is 18.5 Å². The number of carbonyl (C=O) groups is 2. The number of carbonyl (C=O) groups excluding carboxylic acids is 2. The lowest BCUT2D eigenvalue weighted by Gasteiger charge is -2.49. The van der Waals surface area contributed by atoms with Crippen LogP contribution in [-0.4, -0.2) is 48.7 Å². The fraction of sp³-hybridized carbons (Fsp3) is 0.600. The number of piperidine rings is 2. The molecular formula is C20H27N4O2+. The van der Waals surface area contributed by atoms with Crippen LogP contribution in [0.4, 0.5) is 21.0 Å². The van der Waals surface area contributed by atoms with E-state index in [-0.39, 0.29) is 16.6 Å². The molecule has 4 aliphatic heterocycles. The SMILES string of the molecule is CN1C2CCCC1CC([N+]1(C(N)=O)C(=O)N3CCCc4cccc1c43)C2. The van der Waals surface area contributed by atoms with Gasteiger partial charge in [-0.3, -0.25) is 9.80 Å². The number of para-hydroxylation sites is 1. The Bertz CT molecular complexity index is 780. The molecule has 0 saturated carbocycles. The molecule has 3 atom stereocenters. The number of quaternary nitrogens is 1. The van der Waals surface area contributed by atoms with Gasteiger partial charge in [0.15, 0.2) is 5.69 Å². The Kier molecular flexibility index (Phi) is 3.46. The predicted octanol–water partition coefficient (Wildman–Crippen LogP) is 2.97. The smallest absolute Gasteiger partial charge is 0.318 e. The van der Waals surface area contributed by atoms with E-state index in [1.54, 1.807) is 0 Å². The van der Waals surface area contributed by atoms with Crippen LogP contribution in [0.5, 0.6) is 0 Å². The van der Waals surface area contributed by atoms with Gasteiger partial charge in [-0.2, -0.15) is 0 Å². The van der Waals surface area contributed by atoms with Crippen LogP contribution in [-0.2, 0) is 6.42 Å². The summed E-state index contributed by atoms with van der Waals surface area (Å²) in [6.45, 7) is 0.690. The minimum absolute atomic E-state index is 0.0522. The summed E-state index contributed by atoms with van der Waals surface area (Å²) in [4.78, 5) is 30.9. The third kappa shape index (κ3) is 1.89. The number of benzene rings is 1. The summed E-state index contributed by atoms with van der Waals surface area (Å²) in [5.41, 5.74) is 8.98. The first-order valence-corrected chi connectivity index (χ1v) is 9.90. The average Bonchev–Trinajstić information content (AvgIpc) is 2.87. The van der Waals surface area contributed by atoms with E-state index in [1.807, 2.05) is 17.0 Å². The van der Waals surface area contributed by atoms with Crippen molar-refractivity contribution in [3.8, 4) is 0 Å². The highest BCUT2D eigenvalue weighted by Gasteiger charge is 2.63. The van der Waals surface area contributed by atoms with Gasteiger partial charge in [-0.25, -0.2) is 9.59 Å². The minimum Gasteiger partial charge on any atom is -0.318 e. The number of imide groups is 1. The molecule has 4 heterocycles. The number of rotatable bonds is 1. The Morgan fingerprint density at radius 1 is 1.19 bits per heavy atom. The fourth-order valence-corrected chi connectivity index (χ4v) is 6.05. The lowest BCUT2D eigenvalue weighted by Crippen LogP contribution is -2.70. The molecular weight excluding hydrogens is 328 g/mol. The molecule has 2 saturated heterocycles. The van der Waals surface area contributed by atoms with Gasteiger partial charge in [-0.15, -0.1) is 4.48 Å². The zero-order valence-corrected chi connectivity index (χ0v) is 15.4. The molecule has 5 rings (SSSR count). The van der Waals surface area contributed by atoms with Crippen molar-refractivity contribution in [3.63, 3.8) is 0 Å². The summed E-state index contributed by atoms with van der Waals surface area (Å²) in [5.74, 6) is 0. The minimum atomic E-state index is -0.509. The van der Waals surface area contributed by atoms with Gasteiger partial charge in [0, 0.05) is 37.5 Å². The first-order chi connectivity index (χ1) is 12.5. The third-order valence-electron chi connectivity index (χ3n) is 7.32. The van der Waals surface area contributed by atoms with Gasteiger partial charge in [0.2, 0.25) is 0 Å². The van der Waals surface area contributed by atoms with Gasteiger partial charge in [-0.1, -0.05) is 18.6 Å². The summed E-state index contributed by atoms with van der Waals surface area (Å²) in [6.07, 6.45) is 7.16. The van der Waals surface area contributed by atoms with Crippen molar-refractivity contribution < 1.29 is 9.59 Å². The van der Waals surface area contributed by atoms with E-state index >= 15 is 0 Å². The number of primary amides is 1. The van der Waals surface area contributed by atoms with Crippen LogP contribution in [0.25, 0.3) is 0 Å². The summed E-state index contributed by atoms with van der Waals surface area (Å²) in [5, 5.41) is 0. The molecule has 0 aliphatic carbocycles. The Balaban J connectivity index is 1.67. The predicted molar refractivity (Wildman–Crippen MR) is 101 cm³/mol. The number of fused-ring (bicyclic) bond motifs is 2. The van der Waals surface area contributed by atoms with Crippen molar-refractivity contribution in [1.82, 2.24) is 9.38 Å². The molecule has 4 aliphatic rings. The highest BCUT2D eigenvalue weighted by atomic mass is 16.2. The number of amides is 4. The first-order valence-electron chi connectivity index (χ1n) is 9.90. The van der Waals surface area contributed by atoms with Crippen molar-refractivity contribution in [2.45, 2.75) is 63.1 Å². The molecule has 0 aromatic heterocycles. The maximum atomic E-state index is 13.6. The monoisotopic (exact) mass is 355 g/mol. The number of anilines is 1. The van der Waals surface area contributed by atoms with E-state index in [0.29, 0.717) is 18.6 Å². The normalized spacial score (nSPS) is 36.1. The van der Waals surface area contributed by atoms with Crippen LogP contribution in [0.15, 0.2) is 18.2 Å². The highest BCUT2D eigenvalue weighted by molar-refractivity contribution is 6.21. The molecule has 3 unspecified atom stereocenters. The second-order valence-corrected chi connectivity index (χ2v) is 8.41. The molecule has 0 radical (unpaired) electrons. The zero-order valence-electron chi connectivity index (χ0n) is 15.4. The highest BCUT2D eigenvalue weighted by Crippen LogP contribution is 2.51. The van der Waals surface area contributed by atoms with Gasteiger partial charge in [-0.05, 0) is 38.3 Å². The molecule has 26 heavy (non-hydrogen) atoms. The Morgan fingerprint density at radius 3 is 2.62 bits per heavy atom. The van der Waals surface area contributed by atoms with Crippen LogP contribution in [0, 0.1) is 0 Å². The van der Waals surface area contributed by atoms with Gasteiger partial charge in [0.25, 0.3) is 0 Å². The standard InChI is InChI=1S/C20H26N4O2/c1-22-14-7-3-8-15(22)12-16(11-14)24(19(21)25)17-9-2-5-13-6-4-10-23(18(13)17)20(24)26/h2,5,9,14-16H,3-4,6-8,10-12H2,1H3,(H-,21,25)/p+1. The van der Waals surface area contributed by atoms with Crippen LogP contribution in [0.2, 0.25) is 0 Å². The molecule has 6 heteroatoms. The Labute approximate surface area is 154 Å². The van der Waals surface area contributed by atoms with E-state index in [1.165, 1.54) is 12.0 Å². The van der Waals surface area contributed by atoms with Crippen molar-refractivity contribution in [3.05, 3.63) is 23.8 Å². The van der Waals surface area contributed by atoms with Crippen molar-refractivity contribution in [1.29, 1.82) is 0 Å². The van der Waals surface area contributed by atoms with Crippen molar-refractivity contribution in [2.24, 2.45) is 5.73 Å². The quantitative estimate of drug-likeness (QED) is 0.788. The molecule has 0 spiro atoms. The topological polar surface area (TPSA) is 66.6 Å². The second-order valence-electron chi connectivity index (χ2n) is 8.41. The maximum absolute atomic E-state index is 13.6. The van der Waals surface area contributed by atoms with Crippen molar-refractivity contribution >= 4 is 23.4 Å². The maximum Gasteiger partial charge on any atom is 0.438 e. The van der Waals surface area contributed by atoms with Crippen LogP contribution < -0.4 is 15.1 Å². The van der Waals surface area contributed by atoms with Crippen LogP contribution in [0.1, 0.15) is 44.1 Å². The van der Waals surface area contributed by atoms with Crippen LogP contribution >= 0.6 is 0 Å². The largest absolute Gasteiger partial charge is 0.438 e. The summed E-state index contributed by atoms with van der Waals surface area (Å²) < 4.78 is -0.288. The average molecular weight is 355 g/mol. The lowest BCUT2D eigenvalue weighted by atomic mass is 9.80. The lowest BCUT2D eigenvalue weighted by molar-refractivity contribution is 0.0317. The molecule has 4 amide bonds. The molecule has 138 valence electrons. The molecule has 2 bridgehead atoms. The number of nitrogens with two attached hydrogens (primary N) is 1. The summed E-state index contributed by atoms with van der Waals surface area (Å²) in [7, 11) is 2.19. The van der Waals surface area contributed by atoms with E-state index in [9.17, 15) is 9.59 Å². The first kappa shape index (κ1) is 16.3. The molecule has 2 fully saturated rings. The summed E-state index contributed by atoms with van der Waals surface area (Å²) >= 11 is 0. The Morgan fingerprint density at radius 2 is 1.92 bits per heavy atom. The van der Waals surface area contributed by atoms with E-state index in [0.717, 1.165) is 49.9 Å². The molecule has 1 aromatic rings. The molecule has 1 aromatic carbocycles. The van der Waals surface area contributed by atoms with Crippen LogP contribution in [0.3, 0.4) is 0 Å². The van der Waals surface area contributed by atoms with Gasteiger partial charge in [0.1, 0.15) is 11.7 Å². The third-order valence-corrected chi connectivity index (χ3v) is 7.32. The summed E-state index contributed by atoms with van der Waals surface area (Å²) in [6, 6.07) is 6.24. The van der Waals surface area contributed by atoms with Gasteiger partial charge >= 0.3 is 12.1 Å². The second kappa shape index (κ2) is 5.54. The number of nitrogens with zero attached hydrogens (tertiary/aromatic N) is 3. The zero-order chi connectivity index (χ0) is 18.1. The molecule has 6 nitrogen and oxygen atoms in total. The van der Waals surface area contributed by atoms with E-state index < -0.39 is 6.03 Å². The molecule has 2 N–H and O–H groups in total. The van der Waals surface area contributed by atoms with Gasteiger partial charge in [0.05, 0.1) is 0 Å². The fourth-order valence-electron chi connectivity index (χ4n) is 6.05. The number of hydrogen-bond acceptors (Lipinski definition) is 3. The van der Waals surface area contributed by atoms with E-state index in [4.69, 9.17) is 5.73 Å². The Hall–Kier alpha value is -1.92. The number of urea groups is 2. The number of aryl methyl sites for hydroxylation is 1.